The molecule has 0 bridgehead atoms. The third-order valence-electron chi connectivity index (χ3n) is 3.20. The summed E-state index contributed by atoms with van der Waals surface area (Å²) in [5.74, 6) is 0.425. The lowest BCUT2D eigenvalue weighted by molar-refractivity contribution is 0.318. The standard InChI is InChI=1S/C12H15BrN6O/c1-5-6(2)15-16-12(9(5)11(14)18-20)19-8(4)10(13)7(3)17-19/h20H,1-4H3,(H2,14,18). The first-order chi connectivity index (χ1) is 9.38. The highest BCUT2D eigenvalue weighted by Crippen LogP contribution is 2.25. The largest absolute Gasteiger partial charge is 0.409 e. The molecule has 0 radical (unpaired) electrons. The molecule has 2 aromatic heterocycles. The Hall–Kier alpha value is -1.96. The highest BCUT2D eigenvalue weighted by atomic mass is 79.9. The van der Waals surface area contributed by atoms with Gasteiger partial charge in [0.15, 0.2) is 11.7 Å². The number of aryl methyl sites for hydroxylation is 2. The molecule has 2 heterocycles. The molecule has 0 fully saturated rings. The molecule has 0 aliphatic rings. The molecule has 8 heteroatoms. The minimum atomic E-state index is -0.0147. The van der Waals surface area contributed by atoms with E-state index in [-0.39, 0.29) is 5.84 Å². The van der Waals surface area contributed by atoms with Crippen LogP contribution in [0.3, 0.4) is 0 Å². The van der Waals surface area contributed by atoms with E-state index in [1.54, 1.807) is 4.68 Å². The van der Waals surface area contributed by atoms with E-state index in [1.807, 2.05) is 27.7 Å². The monoisotopic (exact) mass is 338 g/mol. The van der Waals surface area contributed by atoms with Gasteiger partial charge in [-0.2, -0.15) is 10.2 Å². The molecule has 20 heavy (non-hydrogen) atoms. The molecule has 0 aliphatic heterocycles. The number of rotatable bonds is 2. The van der Waals surface area contributed by atoms with Crippen LogP contribution in [0.25, 0.3) is 5.82 Å². The lowest BCUT2D eigenvalue weighted by Crippen LogP contribution is -2.21. The predicted octanol–water partition coefficient (Wildman–Crippen LogP) is 1.75. The maximum Gasteiger partial charge on any atom is 0.187 e. The number of aromatic nitrogens is 4. The Balaban J connectivity index is 2.81. The Bertz CT molecular complexity index is 706. The van der Waals surface area contributed by atoms with Gasteiger partial charge in [0.2, 0.25) is 0 Å². The summed E-state index contributed by atoms with van der Waals surface area (Å²) in [5, 5.41) is 24.7. The quantitative estimate of drug-likeness (QED) is 0.376. The van der Waals surface area contributed by atoms with Crippen molar-refractivity contribution in [2.24, 2.45) is 10.9 Å². The topological polar surface area (TPSA) is 102 Å². The zero-order valence-corrected chi connectivity index (χ0v) is 13.2. The molecule has 2 aromatic rings. The van der Waals surface area contributed by atoms with E-state index in [4.69, 9.17) is 10.9 Å². The first-order valence-corrected chi connectivity index (χ1v) is 6.71. The summed E-state index contributed by atoms with van der Waals surface area (Å²) in [6.45, 7) is 7.45. The fourth-order valence-corrected chi connectivity index (χ4v) is 2.18. The Morgan fingerprint density at radius 3 is 2.35 bits per heavy atom. The van der Waals surface area contributed by atoms with Crippen LogP contribution >= 0.6 is 15.9 Å². The molecule has 0 aromatic carbocycles. The van der Waals surface area contributed by atoms with Crippen LogP contribution in [0.2, 0.25) is 0 Å². The van der Waals surface area contributed by atoms with Crippen molar-refractivity contribution in [1.29, 1.82) is 0 Å². The van der Waals surface area contributed by atoms with Crippen LogP contribution in [0.5, 0.6) is 0 Å². The average Bonchev–Trinajstić information content (AvgIpc) is 2.68. The summed E-state index contributed by atoms with van der Waals surface area (Å²) < 4.78 is 2.52. The lowest BCUT2D eigenvalue weighted by Gasteiger charge is -2.12. The van der Waals surface area contributed by atoms with Crippen molar-refractivity contribution in [2.75, 3.05) is 0 Å². The van der Waals surface area contributed by atoms with E-state index in [2.05, 4.69) is 36.4 Å². The number of amidine groups is 1. The van der Waals surface area contributed by atoms with Gasteiger partial charge in [0.05, 0.1) is 27.1 Å². The lowest BCUT2D eigenvalue weighted by atomic mass is 10.1. The van der Waals surface area contributed by atoms with E-state index < -0.39 is 0 Å². The number of hydrogen-bond donors (Lipinski definition) is 2. The molecule has 0 amide bonds. The normalized spacial score (nSPS) is 11.9. The zero-order valence-electron chi connectivity index (χ0n) is 11.6. The predicted molar refractivity (Wildman–Crippen MR) is 78.3 cm³/mol. The van der Waals surface area contributed by atoms with Crippen LogP contribution in [-0.2, 0) is 0 Å². The minimum absolute atomic E-state index is 0.0147. The number of nitrogens with two attached hydrogens (primary N) is 1. The van der Waals surface area contributed by atoms with Crippen molar-refractivity contribution in [3.63, 3.8) is 0 Å². The molecule has 2 rings (SSSR count). The summed E-state index contributed by atoms with van der Waals surface area (Å²) in [5.41, 5.74) is 9.52. The molecule has 0 atom stereocenters. The molecule has 0 saturated carbocycles. The SMILES string of the molecule is Cc1nnc(-n2nc(C)c(Br)c2C)c(C(N)=NO)c1C. The second kappa shape index (κ2) is 5.20. The molecule has 0 unspecified atom stereocenters. The fraction of sp³-hybridized carbons (Fsp3) is 0.333. The van der Waals surface area contributed by atoms with Gasteiger partial charge in [0.25, 0.3) is 0 Å². The van der Waals surface area contributed by atoms with Crippen LogP contribution in [0, 0.1) is 27.7 Å². The second-order valence-electron chi connectivity index (χ2n) is 4.49. The maximum atomic E-state index is 8.98. The van der Waals surface area contributed by atoms with Crippen molar-refractivity contribution in [1.82, 2.24) is 20.0 Å². The van der Waals surface area contributed by atoms with Crippen molar-refractivity contribution >= 4 is 21.8 Å². The van der Waals surface area contributed by atoms with E-state index >= 15 is 0 Å². The van der Waals surface area contributed by atoms with Gasteiger partial charge in [0.1, 0.15) is 0 Å². The van der Waals surface area contributed by atoms with Gasteiger partial charge in [-0.1, -0.05) is 5.16 Å². The van der Waals surface area contributed by atoms with Crippen molar-refractivity contribution in [3.05, 3.63) is 32.7 Å². The molecule has 0 saturated heterocycles. The molecule has 0 spiro atoms. The van der Waals surface area contributed by atoms with E-state index in [0.29, 0.717) is 11.4 Å². The number of oxime groups is 1. The first-order valence-electron chi connectivity index (χ1n) is 5.92. The highest BCUT2D eigenvalue weighted by molar-refractivity contribution is 9.10. The van der Waals surface area contributed by atoms with Crippen LogP contribution in [-0.4, -0.2) is 31.0 Å². The molecule has 7 nitrogen and oxygen atoms in total. The summed E-state index contributed by atoms with van der Waals surface area (Å²) in [6.07, 6.45) is 0. The Kier molecular flexibility index (Phi) is 3.76. The van der Waals surface area contributed by atoms with Gasteiger partial charge in [-0.25, -0.2) is 4.68 Å². The van der Waals surface area contributed by atoms with Crippen LogP contribution < -0.4 is 5.73 Å². The van der Waals surface area contributed by atoms with Gasteiger partial charge >= 0.3 is 0 Å². The van der Waals surface area contributed by atoms with Gasteiger partial charge < -0.3 is 10.9 Å². The van der Waals surface area contributed by atoms with E-state index in [0.717, 1.165) is 27.1 Å². The second-order valence-corrected chi connectivity index (χ2v) is 5.28. The van der Waals surface area contributed by atoms with Gasteiger partial charge in [-0.3, -0.25) is 0 Å². The Morgan fingerprint density at radius 2 is 1.85 bits per heavy atom. The number of halogens is 1. The molecule has 3 N–H and O–H groups in total. The zero-order chi connectivity index (χ0) is 15.0. The summed E-state index contributed by atoms with van der Waals surface area (Å²) in [7, 11) is 0. The number of hydrogen-bond acceptors (Lipinski definition) is 5. The third kappa shape index (κ3) is 2.15. The average molecular weight is 339 g/mol. The van der Waals surface area contributed by atoms with Crippen LogP contribution in [0.15, 0.2) is 9.63 Å². The smallest absolute Gasteiger partial charge is 0.187 e. The maximum absolute atomic E-state index is 8.98. The van der Waals surface area contributed by atoms with Crippen LogP contribution in [0.4, 0.5) is 0 Å². The summed E-state index contributed by atoms with van der Waals surface area (Å²) in [4.78, 5) is 0. The molecule has 106 valence electrons. The molecular weight excluding hydrogens is 324 g/mol. The molecular formula is C12H15BrN6O. The van der Waals surface area contributed by atoms with Crippen molar-refractivity contribution in [3.8, 4) is 5.82 Å². The summed E-state index contributed by atoms with van der Waals surface area (Å²) in [6, 6.07) is 0. The number of nitrogens with zero attached hydrogens (tertiary/aromatic N) is 5. The highest BCUT2D eigenvalue weighted by Gasteiger charge is 2.20. The van der Waals surface area contributed by atoms with Crippen LogP contribution in [0.1, 0.15) is 28.2 Å². The van der Waals surface area contributed by atoms with Crippen molar-refractivity contribution in [2.45, 2.75) is 27.7 Å². The van der Waals surface area contributed by atoms with Gasteiger partial charge in [-0.15, -0.1) is 5.10 Å². The Morgan fingerprint density at radius 1 is 1.20 bits per heavy atom. The fourth-order valence-electron chi connectivity index (χ4n) is 1.93. The van der Waals surface area contributed by atoms with Gasteiger partial charge in [-0.05, 0) is 49.2 Å². The van der Waals surface area contributed by atoms with Crippen molar-refractivity contribution < 1.29 is 5.21 Å². The third-order valence-corrected chi connectivity index (χ3v) is 4.35. The van der Waals surface area contributed by atoms with E-state index in [1.165, 1.54) is 0 Å². The Labute approximate surface area is 124 Å². The first kappa shape index (κ1) is 14.4. The van der Waals surface area contributed by atoms with Gasteiger partial charge in [0, 0.05) is 0 Å². The molecule has 0 aliphatic carbocycles. The minimum Gasteiger partial charge on any atom is -0.409 e. The summed E-state index contributed by atoms with van der Waals surface area (Å²) >= 11 is 3.47. The van der Waals surface area contributed by atoms with E-state index in [9.17, 15) is 0 Å².